The molecule has 0 aliphatic rings. The normalized spacial score (nSPS) is 10.8. The van der Waals surface area contributed by atoms with Gasteiger partial charge < -0.3 is 15.5 Å². The predicted octanol–water partition coefficient (Wildman–Crippen LogP) is 3.55. The van der Waals surface area contributed by atoms with Gasteiger partial charge in [-0.2, -0.15) is 0 Å². The summed E-state index contributed by atoms with van der Waals surface area (Å²) in [4.78, 5) is 11.5. The molecule has 3 N–H and O–H groups in total. The fourth-order valence-corrected chi connectivity index (χ4v) is 3.53. The Morgan fingerprint density at radius 3 is 2.38 bits per heavy atom. The Morgan fingerprint density at radius 1 is 0.923 bits per heavy atom. The minimum absolute atomic E-state index is 0.0339. The first-order valence-electron chi connectivity index (χ1n) is 8.43. The van der Waals surface area contributed by atoms with Gasteiger partial charge in [0, 0.05) is 12.3 Å². The third-order valence-corrected chi connectivity index (χ3v) is 5.05. The summed E-state index contributed by atoms with van der Waals surface area (Å²) in [6.07, 6.45) is 0. The van der Waals surface area contributed by atoms with E-state index in [4.69, 9.17) is 5.11 Å². The second-order valence-electron chi connectivity index (χ2n) is 6.01. The van der Waals surface area contributed by atoms with Crippen LogP contribution in [0.5, 0.6) is 5.75 Å². The lowest BCUT2D eigenvalue weighted by Gasteiger charge is -2.07. The first-order chi connectivity index (χ1) is 12.7. The van der Waals surface area contributed by atoms with E-state index < -0.39 is 0 Å². The molecule has 3 aromatic carbocycles. The maximum absolute atomic E-state index is 11.5. The van der Waals surface area contributed by atoms with Gasteiger partial charge in [0.15, 0.2) is 0 Å². The third-order valence-electron chi connectivity index (χ3n) is 4.05. The summed E-state index contributed by atoms with van der Waals surface area (Å²) in [7, 11) is 0. The van der Waals surface area contributed by atoms with Crippen LogP contribution in [0.25, 0.3) is 21.9 Å². The monoisotopic (exact) mass is 367 g/mol. The van der Waals surface area contributed by atoms with Crippen molar-refractivity contribution in [2.24, 2.45) is 0 Å². The van der Waals surface area contributed by atoms with Gasteiger partial charge in [0.2, 0.25) is 5.91 Å². The first-order valence-corrected chi connectivity index (χ1v) is 9.58. The molecule has 3 rings (SSSR count). The van der Waals surface area contributed by atoms with Crippen molar-refractivity contribution in [2.75, 3.05) is 18.9 Å². The van der Waals surface area contributed by atoms with Gasteiger partial charge in [0.05, 0.1) is 12.4 Å². The van der Waals surface area contributed by atoms with E-state index in [0.29, 0.717) is 12.3 Å². The minimum atomic E-state index is -0.0529. The van der Waals surface area contributed by atoms with E-state index in [1.54, 1.807) is 23.9 Å². The van der Waals surface area contributed by atoms with Crippen molar-refractivity contribution >= 4 is 28.4 Å². The summed E-state index contributed by atoms with van der Waals surface area (Å²) < 4.78 is 0. The molecule has 0 heterocycles. The van der Waals surface area contributed by atoms with E-state index in [2.05, 4.69) is 41.7 Å². The minimum Gasteiger partial charge on any atom is -0.508 e. The van der Waals surface area contributed by atoms with Gasteiger partial charge in [-0.05, 0) is 45.7 Å². The molecule has 4 nitrogen and oxygen atoms in total. The van der Waals surface area contributed by atoms with Gasteiger partial charge in [-0.1, -0.05) is 42.5 Å². The van der Waals surface area contributed by atoms with Crippen LogP contribution in [-0.2, 0) is 10.5 Å². The first kappa shape index (κ1) is 18.3. The predicted molar refractivity (Wildman–Crippen MR) is 107 cm³/mol. The molecule has 5 heteroatoms. The summed E-state index contributed by atoms with van der Waals surface area (Å²) in [6.45, 7) is 0.271. The molecule has 1 amide bonds. The number of aliphatic hydroxyl groups is 1. The lowest BCUT2D eigenvalue weighted by molar-refractivity contribution is -0.118. The van der Waals surface area contributed by atoms with Crippen LogP contribution in [0.4, 0.5) is 0 Å². The number of carbonyl (C=O) groups excluding carboxylic acids is 1. The molecule has 0 spiro atoms. The summed E-state index contributed by atoms with van der Waals surface area (Å²) >= 11 is 1.55. The number of phenols is 1. The maximum Gasteiger partial charge on any atom is 0.230 e. The van der Waals surface area contributed by atoms with E-state index in [9.17, 15) is 9.90 Å². The quantitative estimate of drug-likeness (QED) is 0.597. The number of aromatic hydroxyl groups is 1. The van der Waals surface area contributed by atoms with Crippen LogP contribution in [0.2, 0.25) is 0 Å². The summed E-state index contributed by atoms with van der Waals surface area (Å²) in [5.41, 5.74) is 3.43. The average molecular weight is 367 g/mol. The highest BCUT2D eigenvalue weighted by Gasteiger charge is 2.03. The number of aliphatic hydroxyl groups excluding tert-OH is 1. The molecule has 0 bridgehead atoms. The molecule has 0 unspecified atom stereocenters. The molecule has 0 aromatic heterocycles. The Kier molecular flexibility index (Phi) is 6.15. The van der Waals surface area contributed by atoms with Gasteiger partial charge in [0.1, 0.15) is 5.75 Å². The largest absolute Gasteiger partial charge is 0.508 e. The number of hydrogen-bond acceptors (Lipinski definition) is 4. The molecule has 3 aromatic rings. The van der Waals surface area contributed by atoms with Gasteiger partial charge in [0.25, 0.3) is 0 Å². The molecular formula is C21H21NO3S. The van der Waals surface area contributed by atoms with Crippen LogP contribution >= 0.6 is 11.8 Å². The maximum atomic E-state index is 11.5. The van der Waals surface area contributed by atoms with Crippen LogP contribution in [0.1, 0.15) is 5.56 Å². The molecule has 0 fully saturated rings. The van der Waals surface area contributed by atoms with Gasteiger partial charge in [-0.15, -0.1) is 11.8 Å². The van der Waals surface area contributed by atoms with E-state index in [1.807, 2.05) is 12.1 Å². The standard InChI is InChI=1S/C21H21NO3S/c23-10-9-22-21(25)14-26-13-15-1-3-16(4-2-15)17-5-6-19-12-20(24)8-7-18(19)11-17/h1-8,11-12,23-24H,9-10,13-14H2,(H,22,25). The van der Waals surface area contributed by atoms with E-state index in [-0.39, 0.29) is 18.3 Å². The second kappa shape index (κ2) is 8.74. The van der Waals surface area contributed by atoms with E-state index >= 15 is 0 Å². The van der Waals surface area contributed by atoms with Crippen molar-refractivity contribution < 1.29 is 15.0 Å². The van der Waals surface area contributed by atoms with Gasteiger partial charge in [-0.3, -0.25) is 4.79 Å². The molecule has 0 saturated carbocycles. The molecule has 0 atom stereocenters. The molecule has 134 valence electrons. The number of fused-ring (bicyclic) bond motifs is 1. The zero-order valence-corrected chi connectivity index (χ0v) is 15.1. The summed E-state index contributed by atoms with van der Waals surface area (Å²) in [5, 5.41) is 23.0. The fraction of sp³-hybridized carbons (Fsp3) is 0.190. The van der Waals surface area contributed by atoms with Crippen LogP contribution in [0.15, 0.2) is 60.7 Å². The number of hydrogen-bond donors (Lipinski definition) is 3. The molecule has 0 aliphatic carbocycles. The Balaban J connectivity index is 1.62. The molecule has 0 radical (unpaired) electrons. The number of phenolic OH excluding ortho intramolecular Hbond substituents is 1. The Labute approximate surface area is 156 Å². The number of amides is 1. The lowest BCUT2D eigenvalue weighted by Crippen LogP contribution is -2.27. The van der Waals surface area contributed by atoms with Crippen molar-refractivity contribution in [3.63, 3.8) is 0 Å². The third kappa shape index (κ3) is 4.77. The number of carbonyl (C=O) groups is 1. The average Bonchev–Trinajstić information content (AvgIpc) is 2.66. The molecule has 0 saturated heterocycles. The van der Waals surface area contributed by atoms with E-state index in [1.165, 1.54) is 5.56 Å². The second-order valence-corrected chi connectivity index (χ2v) is 7.00. The van der Waals surface area contributed by atoms with Crippen molar-refractivity contribution in [1.29, 1.82) is 0 Å². The highest BCUT2D eigenvalue weighted by molar-refractivity contribution is 7.99. The smallest absolute Gasteiger partial charge is 0.230 e. The summed E-state index contributed by atoms with van der Waals surface area (Å²) in [6, 6.07) is 19.9. The molecule has 0 aliphatic heterocycles. The van der Waals surface area contributed by atoms with Gasteiger partial charge in [-0.25, -0.2) is 0 Å². The van der Waals surface area contributed by atoms with Crippen LogP contribution in [0, 0.1) is 0 Å². The fourth-order valence-electron chi connectivity index (χ4n) is 2.71. The Hall–Kier alpha value is -2.50. The topological polar surface area (TPSA) is 69.6 Å². The van der Waals surface area contributed by atoms with Crippen molar-refractivity contribution in [3.8, 4) is 16.9 Å². The van der Waals surface area contributed by atoms with Crippen LogP contribution in [-0.4, -0.2) is 35.0 Å². The number of nitrogens with one attached hydrogen (secondary N) is 1. The van der Waals surface area contributed by atoms with E-state index in [0.717, 1.165) is 27.7 Å². The molecular weight excluding hydrogens is 346 g/mol. The molecule has 26 heavy (non-hydrogen) atoms. The highest BCUT2D eigenvalue weighted by Crippen LogP contribution is 2.27. The van der Waals surface area contributed by atoms with Crippen LogP contribution in [0.3, 0.4) is 0 Å². The van der Waals surface area contributed by atoms with Gasteiger partial charge >= 0.3 is 0 Å². The number of benzene rings is 3. The highest BCUT2D eigenvalue weighted by atomic mass is 32.2. The Bertz CT molecular complexity index is 893. The number of thioether (sulfide) groups is 1. The zero-order chi connectivity index (χ0) is 18.4. The Morgan fingerprint density at radius 2 is 1.62 bits per heavy atom. The van der Waals surface area contributed by atoms with Crippen LogP contribution < -0.4 is 5.32 Å². The van der Waals surface area contributed by atoms with Crippen molar-refractivity contribution in [3.05, 3.63) is 66.2 Å². The van der Waals surface area contributed by atoms with Crippen molar-refractivity contribution in [1.82, 2.24) is 5.32 Å². The number of rotatable bonds is 7. The zero-order valence-electron chi connectivity index (χ0n) is 14.3. The SMILES string of the molecule is O=C(CSCc1ccc(-c2ccc3cc(O)ccc3c2)cc1)NCCO. The lowest BCUT2D eigenvalue weighted by atomic mass is 10.0. The summed E-state index contributed by atoms with van der Waals surface area (Å²) in [5.74, 6) is 1.38. The van der Waals surface area contributed by atoms with Crippen molar-refractivity contribution in [2.45, 2.75) is 5.75 Å².